The van der Waals surface area contributed by atoms with Crippen LogP contribution in [0.15, 0.2) is 47.1 Å². The molecule has 2 aliphatic rings. The number of aromatic nitrogens is 3. The zero-order chi connectivity index (χ0) is 22.8. The van der Waals surface area contributed by atoms with E-state index in [0.29, 0.717) is 36.9 Å². The molecule has 1 atom stereocenters. The fourth-order valence-electron chi connectivity index (χ4n) is 4.61. The molecule has 172 valence electrons. The smallest absolute Gasteiger partial charge is 0.244 e. The molecule has 2 aliphatic heterocycles. The van der Waals surface area contributed by atoms with E-state index >= 15 is 0 Å². The molecule has 33 heavy (non-hydrogen) atoms. The summed E-state index contributed by atoms with van der Waals surface area (Å²) in [4.78, 5) is 27.0. The molecule has 4 heterocycles. The van der Waals surface area contributed by atoms with Crippen LogP contribution in [-0.4, -0.2) is 63.6 Å². The second-order valence-corrected chi connectivity index (χ2v) is 8.57. The lowest BCUT2D eigenvalue weighted by molar-refractivity contribution is -0.129. The lowest BCUT2D eigenvalue weighted by Crippen LogP contribution is -2.48. The first-order valence-corrected chi connectivity index (χ1v) is 11.4. The Morgan fingerprint density at radius 3 is 2.76 bits per heavy atom. The summed E-state index contributed by atoms with van der Waals surface area (Å²) in [6.45, 7) is 5.83. The van der Waals surface area contributed by atoms with Crippen molar-refractivity contribution in [3.8, 4) is 11.4 Å². The number of carbonyl (C=O) groups is 1. The van der Waals surface area contributed by atoms with Gasteiger partial charge in [0, 0.05) is 57.0 Å². The van der Waals surface area contributed by atoms with Gasteiger partial charge in [-0.25, -0.2) is 9.37 Å². The van der Waals surface area contributed by atoms with E-state index in [2.05, 4.69) is 24.9 Å². The highest BCUT2D eigenvalue weighted by molar-refractivity contribution is 5.73. The summed E-state index contributed by atoms with van der Waals surface area (Å²) >= 11 is 0. The second kappa shape index (κ2) is 9.27. The Kier molecular flexibility index (Phi) is 6.04. The maximum absolute atomic E-state index is 14.1. The molecular formula is C24H27FN6O2. The van der Waals surface area contributed by atoms with Crippen molar-refractivity contribution in [1.82, 2.24) is 24.9 Å². The van der Waals surface area contributed by atoms with Crippen molar-refractivity contribution in [2.45, 2.75) is 32.4 Å². The number of halogens is 1. The van der Waals surface area contributed by atoms with Gasteiger partial charge in [-0.15, -0.1) is 0 Å². The molecule has 2 saturated heterocycles. The third-order valence-electron chi connectivity index (χ3n) is 6.47. The van der Waals surface area contributed by atoms with Crippen molar-refractivity contribution in [2.75, 3.05) is 37.6 Å². The minimum absolute atomic E-state index is 0.0215. The predicted octanol–water partition coefficient (Wildman–Crippen LogP) is 3.28. The van der Waals surface area contributed by atoms with Crippen molar-refractivity contribution in [3.63, 3.8) is 0 Å². The number of carbonyl (C=O) groups excluding carboxylic acids is 1. The molecule has 0 radical (unpaired) electrons. The number of piperazine rings is 1. The predicted molar refractivity (Wildman–Crippen MR) is 121 cm³/mol. The Balaban J connectivity index is 1.30. The van der Waals surface area contributed by atoms with Crippen LogP contribution in [0, 0.1) is 5.82 Å². The van der Waals surface area contributed by atoms with Crippen LogP contribution in [0.3, 0.4) is 0 Å². The van der Waals surface area contributed by atoms with Gasteiger partial charge < -0.3 is 14.3 Å². The first-order chi connectivity index (χ1) is 16.1. The number of benzene rings is 1. The average Bonchev–Trinajstić information content (AvgIpc) is 3.50. The fraction of sp³-hybridized carbons (Fsp3) is 0.417. The van der Waals surface area contributed by atoms with Crippen LogP contribution in [0.25, 0.3) is 11.4 Å². The van der Waals surface area contributed by atoms with Crippen molar-refractivity contribution in [1.29, 1.82) is 0 Å². The molecule has 0 spiro atoms. The zero-order valence-electron chi connectivity index (χ0n) is 18.7. The standard InChI is InChI=1S/C24H27FN6O2/c1-17(32)29-11-13-30(14-12-29)22-15-18(8-9-26-22)23-27-24(33-28-23)21-7-4-10-31(21)16-19-5-2-3-6-20(19)25/h2-3,5-6,8-9,15,21H,4,7,10-14,16H2,1H3/t21-/m0/s1. The van der Waals surface area contributed by atoms with Gasteiger partial charge in [0.05, 0.1) is 6.04 Å². The van der Waals surface area contributed by atoms with E-state index in [4.69, 9.17) is 4.52 Å². The number of anilines is 1. The molecule has 0 bridgehead atoms. The molecule has 0 saturated carbocycles. The van der Waals surface area contributed by atoms with Gasteiger partial charge in [0.15, 0.2) is 0 Å². The third kappa shape index (κ3) is 4.59. The maximum Gasteiger partial charge on any atom is 0.244 e. The third-order valence-corrected chi connectivity index (χ3v) is 6.47. The summed E-state index contributed by atoms with van der Waals surface area (Å²) < 4.78 is 19.8. The van der Waals surface area contributed by atoms with Crippen molar-refractivity contribution < 1.29 is 13.7 Å². The summed E-state index contributed by atoms with van der Waals surface area (Å²) in [7, 11) is 0. The molecular weight excluding hydrogens is 423 g/mol. The van der Waals surface area contributed by atoms with Crippen LogP contribution in [-0.2, 0) is 11.3 Å². The number of pyridine rings is 1. The Morgan fingerprint density at radius 2 is 1.97 bits per heavy atom. The van der Waals surface area contributed by atoms with E-state index in [1.165, 1.54) is 6.07 Å². The first kappa shape index (κ1) is 21.5. The lowest BCUT2D eigenvalue weighted by Gasteiger charge is -2.34. The summed E-state index contributed by atoms with van der Waals surface area (Å²) in [5, 5.41) is 4.23. The summed E-state index contributed by atoms with van der Waals surface area (Å²) in [6.07, 6.45) is 3.65. The van der Waals surface area contributed by atoms with Gasteiger partial charge >= 0.3 is 0 Å². The highest BCUT2D eigenvalue weighted by atomic mass is 19.1. The molecule has 3 aromatic rings. The van der Waals surface area contributed by atoms with E-state index in [1.54, 1.807) is 19.2 Å². The van der Waals surface area contributed by atoms with Gasteiger partial charge in [0.2, 0.25) is 17.6 Å². The van der Waals surface area contributed by atoms with Crippen molar-refractivity contribution >= 4 is 11.7 Å². The zero-order valence-corrected chi connectivity index (χ0v) is 18.7. The van der Waals surface area contributed by atoms with E-state index in [-0.39, 0.29) is 17.8 Å². The van der Waals surface area contributed by atoms with E-state index in [0.717, 1.165) is 43.9 Å². The topological polar surface area (TPSA) is 78.6 Å². The number of amides is 1. The van der Waals surface area contributed by atoms with Crippen molar-refractivity contribution in [3.05, 3.63) is 59.9 Å². The number of hydrogen-bond donors (Lipinski definition) is 0. The van der Waals surface area contributed by atoms with Gasteiger partial charge in [0.1, 0.15) is 11.6 Å². The molecule has 9 heteroatoms. The Bertz CT molecular complexity index is 1130. The molecule has 0 aliphatic carbocycles. The molecule has 2 fully saturated rings. The quantitative estimate of drug-likeness (QED) is 0.590. The Morgan fingerprint density at radius 1 is 1.15 bits per heavy atom. The second-order valence-electron chi connectivity index (χ2n) is 8.57. The molecule has 5 rings (SSSR count). The summed E-state index contributed by atoms with van der Waals surface area (Å²) in [5.74, 6) is 1.83. The fourth-order valence-corrected chi connectivity index (χ4v) is 4.61. The molecule has 1 aromatic carbocycles. The molecule has 8 nitrogen and oxygen atoms in total. The van der Waals surface area contributed by atoms with E-state index in [9.17, 15) is 9.18 Å². The van der Waals surface area contributed by atoms with E-state index in [1.807, 2.05) is 29.2 Å². The summed E-state index contributed by atoms with van der Waals surface area (Å²) in [6, 6.07) is 10.7. The molecule has 0 N–H and O–H groups in total. The highest BCUT2D eigenvalue weighted by Crippen LogP contribution is 2.33. The number of rotatable bonds is 5. The highest BCUT2D eigenvalue weighted by Gasteiger charge is 2.31. The minimum Gasteiger partial charge on any atom is -0.353 e. The Labute approximate surface area is 192 Å². The molecule has 1 amide bonds. The van der Waals surface area contributed by atoms with Gasteiger partial charge in [-0.2, -0.15) is 4.98 Å². The van der Waals surface area contributed by atoms with Crippen LogP contribution >= 0.6 is 0 Å². The van der Waals surface area contributed by atoms with Crippen molar-refractivity contribution in [2.24, 2.45) is 0 Å². The SMILES string of the molecule is CC(=O)N1CCN(c2cc(-c3noc([C@@H]4CCCN4Cc4ccccc4F)n3)ccn2)CC1. The minimum atomic E-state index is -0.192. The van der Waals surface area contributed by atoms with Crippen LogP contribution in [0.2, 0.25) is 0 Å². The Hall–Kier alpha value is -3.33. The van der Waals surface area contributed by atoms with Crippen LogP contribution in [0.5, 0.6) is 0 Å². The van der Waals surface area contributed by atoms with Gasteiger partial charge in [-0.1, -0.05) is 23.4 Å². The van der Waals surface area contributed by atoms with Gasteiger partial charge in [0.25, 0.3) is 0 Å². The van der Waals surface area contributed by atoms with Crippen LogP contribution in [0.1, 0.15) is 37.3 Å². The monoisotopic (exact) mass is 450 g/mol. The van der Waals surface area contributed by atoms with Crippen LogP contribution < -0.4 is 4.90 Å². The molecule has 2 aromatic heterocycles. The lowest BCUT2D eigenvalue weighted by atomic mass is 10.1. The van der Waals surface area contributed by atoms with E-state index < -0.39 is 0 Å². The number of likely N-dealkylation sites (tertiary alicyclic amines) is 1. The number of nitrogens with zero attached hydrogens (tertiary/aromatic N) is 6. The average molecular weight is 451 g/mol. The largest absolute Gasteiger partial charge is 0.353 e. The number of hydrogen-bond acceptors (Lipinski definition) is 7. The van der Waals surface area contributed by atoms with Crippen LogP contribution in [0.4, 0.5) is 10.2 Å². The molecule has 0 unspecified atom stereocenters. The first-order valence-electron chi connectivity index (χ1n) is 11.4. The van der Waals surface area contributed by atoms with Gasteiger partial charge in [-0.05, 0) is 37.6 Å². The normalized spacial score (nSPS) is 19.3. The maximum atomic E-state index is 14.1. The summed E-state index contributed by atoms with van der Waals surface area (Å²) in [5.41, 5.74) is 1.51. The van der Waals surface area contributed by atoms with Gasteiger partial charge in [-0.3, -0.25) is 9.69 Å².